The minimum atomic E-state index is 0.625. The van der Waals surface area contributed by atoms with Gasteiger partial charge in [-0.1, -0.05) is 30.3 Å². The Labute approximate surface area is 91.5 Å². The number of hydrogen-bond donors (Lipinski definition) is 0. The number of hydrogen-bond acceptors (Lipinski definition) is 2. The smallest absolute Gasteiger partial charge is 0.282 e. The Morgan fingerprint density at radius 1 is 1.00 bits per heavy atom. The first-order chi connectivity index (χ1) is 7.29. The molecule has 0 N–H and O–H groups in total. The predicted octanol–water partition coefficient (Wildman–Crippen LogP) is 3.45. The molecular weight excluding hydrogens is 188 g/mol. The van der Waals surface area contributed by atoms with Crippen molar-refractivity contribution in [3.8, 4) is 0 Å². The van der Waals surface area contributed by atoms with Gasteiger partial charge < -0.3 is 9.47 Å². The summed E-state index contributed by atoms with van der Waals surface area (Å²) in [6.07, 6.45) is 0. The summed E-state index contributed by atoms with van der Waals surface area (Å²) >= 11 is 0. The van der Waals surface area contributed by atoms with Crippen LogP contribution in [0.2, 0.25) is 0 Å². The molecule has 0 fully saturated rings. The van der Waals surface area contributed by atoms with Crippen molar-refractivity contribution in [1.29, 1.82) is 0 Å². The Morgan fingerprint density at radius 3 is 2.00 bits per heavy atom. The maximum atomic E-state index is 5.46. The minimum absolute atomic E-state index is 0.625. The van der Waals surface area contributed by atoms with Crippen molar-refractivity contribution >= 4 is 5.57 Å². The van der Waals surface area contributed by atoms with E-state index in [0.717, 1.165) is 11.1 Å². The predicted molar refractivity (Wildman–Crippen MR) is 62.3 cm³/mol. The Hall–Kier alpha value is -1.44. The van der Waals surface area contributed by atoms with E-state index in [4.69, 9.17) is 9.47 Å². The molecular formula is C13H18O2. The number of ether oxygens (including phenoxy) is 2. The van der Waals surface area contributed by atoms with Crippen molar-refractivity contribution in [2.45, 2.75) is 20.8 Å². The minimum Gasteiger partial charge on any atom is -0.466 e. The van der Waals surface area contributed by atoms with Gasteiger partial charge in [0.2, 0.25) is 0 Å². The molecule has 0 aliphatic rings. The highest BCUT2D eigenvalue weighted by atomic mass is 16.7. The molecule has 0 aliphatic heterocycles. The highest BCUT2D eigenvalue weighted by Gasteiger charge is 2.06. The van der Waals surface area contributed by atoms with Gasteiger partial charge in [0.1, 0.15) is 0 Å². The standard InChI is InChI=1S/C13H18O2/c1-4-14-13(15-5-2)11(3)12-9-7-6-8-10-12/h6-10H,4-5H2,1-3H3. The van der Waals surface area contributed by atoms with Gasteiger partial charge in [-0.15, -0.1) is 0 Å². The lowest BCUT2D eigenvalue weighted by Gasteiger charge is -2.12. The van der Waals surface area contributed by atoms with Crippen molar-refractivity contribution in [3.63, 3.8) is 0 Å². The van der Waals surface area contributed by atoms with Crippen LogP contribution in [0.4, 0.5) is 0 Å². The lowest BCUT2D eigenvalue weighted by molar-refractivity contribution is 0.0489. The van der Waals surface area contributed by atoms with Crippen molar-refractivity contribution in [3.05, 3.63) is 41.8 Å². The van der Waals surface area contributed by atoms with Crippen LogP contribution in [-0.4, -0.2) is 13.2 Å². The van der Waals surface area contributed by atoms with Gasteiger partial charge in [0, 0.05) is 5.57 Å². The molecule has 0 saturated heterocycles. The summed E-state index contributed by atoms with van der Waals surface area (Å²) in [5, 5.41) is 0. The number of rotatable bonds is 5. The van der Waals surface area contributed by atoms with Crippen molar-refractivity contribution in [2.75, 3.05) is 13.2 Å². The second-order valence-electron chi connectivity index (χ2n) is 3.14. The van der Waals surface area contributed by atoms with Crippen LogP contribution < -0.4 is 0 Å². The molecule has 0 amide bonds. The molecule has 0 saturated carbocycles. The highest BCUT2D eigenvalue weighted by Crippen LogP contribution is 2.19. The van der Waals surface area contributed by atoms with Crippen LogP contribution >= 0.6 is 0 Å². The van der Waals surface area contributed by atoms with Crippen LogP contribution in [0, 0.1) is 0 Å². The summed E-state index contributed by atoms with van der Waals surface area (Å²) in [5.41, 5.74) is 2.17. The van der Waals surface area contributed by atoms with Crippen LogP contribution in [0.15, 0.2) is 36.3 Å². The second kappa shape index (κ2) is 6.12. The molecule has 0 aliphatic carbocycles. The number of benzene rings is 1. The highest BCUT2D eigenvalue weighted by molar-refractivity contribution is 5.64. The van der Waals surface area contributed by atoms with E-state index in [2.05, 4.69) is 0 Å². The van der Waals surface area contributed by atoms with E-state index in [1.165, 1.54) is 0 Å². The summed E-state index contributed by atoms with van der Waals surface area (Å²) in [4.78, 5) is 0. The molecule has 0 spiro atoms. The Kier molecular flexibility index (Phi) is 4.75. The van der Waals surface area contributed by atoms with Gasteiger partial charge in [0.05, 0.1) is 13.2 Å². The molecule has 0 aromatic heterocycles. The quantitative estimate of drug-likeness (QED) is 0.687. The molecule has 2 nitrogen and oxygen atoms in total. The van der Waals surface area contributed by atoms with Gasteiger partial charge in [-0.05, 0) is 26.3 Å². The van der Waals surface area contributed by atoms with Crippen LogP contribution in [-0.2, 0) is 9.47 Å². The second-order valence-corrected chi connectivity index (χ2v) is 3.14. The van der Waals surface area contributed by atoms with E-state index in [-0.39, 0.29) is 0 Å². The molecule has 82 valence electrons. The molecule has 1 aromatic rings. The summed E-state index contributed by atoms with van der Waals surface area (Å²) in [6, 6.07) is 10.1. The molecule has 1 rings (SSSR count). The first-order valence-electron chi connectivity index (χ1n) is 5.31. The Morgan fingerprint density at radius 2 is 1.53 bits per heavy atom. The van der Waals surface area contributed by atoms with E-state index in [0.29, 0.717) is 19.2 Å². The first kappa shape index (κ1) is 11.6. The van der Waals surface area contributed by atoms with Crippen LogP contribution in [0.3, 0.4) is 0 Å². The third-order valence-electron chi connectivity index (χ3n) is 2.06. The van der Waals surface area contributed by atoms with Gasteiger partial charge in [0.25, 0.3) is 5.95 Å². The third kappa shape index (κ3) is 3.31. The normalized spacial score (nSPS) is 9.53. The van der Waals surface area contributed by atoms with E-state index in [1.54, 1.807) is 0 Å². The fourth-order valence-corrected chi connectivity index (χ4v) is 1.33. The molecule has 0 heterocycles. The maximum absolute atomic E-state index is 5.46. The van der Waals surface area contributed by atoms with Crippen molar-refractivity contribution < 1.29 is 9.47 Å². The van der Waals surface area contributed by atoms with Crippen LogP contribution in [0.25, 0.3) is 5.57 Å². The SMILES string of the molecule is CCOC(OCC)=C(C)c1ccccc1. The van der Waals surface area contributed by atoms with E-state index in [9.17, 15) is 0 Å². The van der Waals surface area contributed by atoms with Gasteiger partial charge in [-0.25, -0.2) is 0 Å². The fraction of sp³-hybridized carbons (Fsp3) is 0.385. The molecule has 0 bridgehead atoms. The van der Waals surface area contributed by atoms with Gasteiger partial charge >= 0.3 is 0 Å². The molecule has 0 atom stereocenters. The van der Waals surface area contributed by atoms with Crippen molar-refractivity contribution in [1.82, 2.24) is 0 Å². The average Bonchev–Trinajstić information content (AvgIpc) is 2.29. The Bertz CT molecular complexity index is 307. The molecule has 0 radical (unpaired) electrons. The van der Waals surface area contributed by atoms with Gasteiger partial charge in [0.15, 0.2) is 0 Å². The van der Waals surface area contributed by atoms with Crippen LogP contribution in [0.1, 0.15) is 26.3 Å². The zero-order chi connectivity index (χ0) is 11.1. The lowest BCUT2D eigenvalue weighted by atomic mass is 10.1. The zero-order valence-electron chi connectivity index (χ0n) is 9.62. The Balaban J connectivity index is 2.93. The summed E-state index contributed by atoms with van der Waals surface area (Å²) in [5.74, 6) is 0.631. The van der Waals surface area contributed by atoms with E-state index < -0.39 is 0 Å². The average molecular weight is 206 g/mol. The number of allylic oxidation sites excluding steroid dienone is 1. The van der Waals surface area contributed by atoms with Gasteiger partial charge in [-0.3, -0.25) is 0 Å². The molecule has 2 heteroatoms. The van der Waals surface area contributed by atoms with Gasteiger partial charge in [-0.2, -0.15) is 0 Å². The van der Waals surface area contributed by atoms with E-state index >= 15 is 0 Å². The maximum Gasteiger partial charge on any atom is 0.282 e. The fourth-order valence-electron chi connectivity index (χ4n) is 1.33. The van der Waals surface area contributed by atoms with Crippen LogP contribution in [0.5, 0.6) is 0 Å². The molecule has 0 unspecified atom stereocenters. The molecule has 1 aromatic carbocycles. The zero-order valence-corrected chi connectivity index (χ0v) is 9.62. The van der Waals surface area contributed by atoms with Crippen molar-refractivity contribution in [2.24, 2.45) is 0 Å². The summed E-state index contributed by atoms with van der Waals surface area (Å²) in [6.45, 7) is 7.17. The summed E-state index contributed by atoms with van der Waals surface area (Å²) < 4.78 is 10.9. The largest absolute Gasteiger partial charge is 0.466 e. The third-order valence-corrected chi connectivity index (χ3v) is 2.06. The molecule has 15 heavy (non-hydrogen) atoms. The lowest BCUT2D eigenvalue weighted by Crippen LogP contribution is -2.00. The van der Waals surface area contributed by atoms with E-state index in [1.807, 2.05) is 51.1 Å². The first-order valence-corrected chi connectivity index (χ1v) is 5.31. The monoisotopic (exact) mass is 206 g/mol. The summed E-state index contributed by atoms with van der Waals surface area (Å²) in [7, 11) is 0. The topological polar surface area (TPSA) is 18.5 Å².